The van der Waals surface area contributed by atoms with Crippen molar-refractivity contribution in [1.82, 2.24) is 0 Å². The van der Waals surface area contributed by atoms with Crippen LogP contribution in [0.4, 0.5) is 0 Å². The number of benzene rings is 4. The molecule has 53 heavy (non-hydrogen) atoms. The first-order valence-corrected chi connectivity index (χ1v) is 17.1. The number of hydrogen-bond donors (Lipinski definition) is 0. The Labute approximate surface area is 307 Å². The number of carbonyl (C=O) groups is 2. The standard InChI is InChI=1S/C41H40O12/c1-44-27-14-24(15-28(18-27)45-2)7-6-23-8-10-26(11-9-23)49-13-12-36(42)53-39-30-20-33-32(51-22-52-33)19-29(30)37(38-31(39)21-50-41(38)43)25-16-34(46-3)40(48-5)35(17-25)47-4/h6-11,14-20,31,37-39H,12-13,21-22H2,1-5H3/b7-6+/t31-,37+,38-,39-/m0/s1. The van der Waals surface area contributed by atoms with Crippen LogP contribution in [-0.4, -0.2) is 67.5 Å². The molecule has 0 radical (unpaired) electrons. The molecule has 2 heterocycles. The molecule has 12 heteroatoms. The van der Waals surface area contributed by atoms with E-state index < -0.39 is 29.8 Å². The average molecular weight is 725 g/mol. The maximum Gasteiger partial charge on any atom is 0.310 e. The summed E-state index contributed by atoms with van der Waals surface area (Å²) in [6, 6.07) is 20.5. The Morgan fingerprint density at radius 2 is 1.36 bits per heavy atom. The lowest BCUT2D eigenvalue weighted by Gasteiger charge is -2.38. The Morgan fingerprint density at radius 3 is 1.98 bits per heavy atom. The lowest BCUT2D eigenvalue weighted by molar-refractivity contribution is -0.155. The zero-order chi connectivity index (χ0) is 37.1. The molecular formula is C41H40O12. The normalized spacial score (nSPS) is 19.5. The van der Waals surface area contributed by atoms with Crippen molar-refractivity contribution in [1.29, 1.82) is 0 Å². The molecule has 3 aliphatic rings. The fourth-order valence-corrected chi connectivity index (χ4v) is 7.19. The second-order valence-corrected chi connectivity index (χ2v) is 12.6. The van der Waals surface area contributed by atoms with Crippen LogP contribution in [0, 0.1) is 11.8 Å². The number of fused-ring (bicyclic) bond motifs is 3. The highest BCUT2D eigenvalue weighted by Gasteiger charge is 2.54. The molecule has 7 rings (SSSR count). The largest absolute Gasteiger partial charge is 0.497 e. The van der Waals surface area contributed by atoms with Gasteiger partial charge in [-0.15, -0.1) is 0 Å². The van der Waals surface area contributed by atoms with E-state index in [0.717, 1.165) is 22.3 Å². The molecule has 1 aliphatic carbocycles. The van der Waals surface area contributed by atoms with Crippen molar-refractivity contribution in [2.45, 2.75) is 18.4 Å². The van der Waals surface area contributed by atoms with Gasteiger partial charge in [-0.25, -0.2) is 0 Å². The molecule has 0 unspecified atom stereocenters. The molecule has 4 aromatic rings. The Bertz CT molecular complexity index is 1970. The zero-order valence-electron chi connectivity index (χ0n) is 30.0. The molecule has 2 aliphatic heterocycles. The van der Waals surface area contributed by atoms with Crippen molar-refractivity contribution in [2.24, 2.45) is 11.8 Å². The molecule has 1 fully saturated rings. The highest BCUT2D eigenvalue weighted by atomic mass is 16.7. The molecule has 0 aromatic heterocycles. The van der Waals surface area contributed by atoms with Gasteiger partial charge in [0.15, 0.2) is 23.0 Å². The summed E-state index contributed by atoms with van der Waals surface area (Å²) < 4.78 is 56.7. The summed E-state index contributed by atoms with van der Waals surface area (Å²) in [6.07, 6.45) is 3.14. The van der Waals surface area contributed by atoms with Gasteiger partial charge in [-0.1, -0.05) is 24.3 Å². The monoisotopic (exact) mass is 724 g/mol. The molecule has 0 spiro atoms. The van der Waals surface area contributed by atoms with Gasteiger partial charge >= 0.3 is 11.9 Å². The van der Waals surface area contributed by atoms with Gasteiger partial charge < -0.3 is 47.4 Å². The third-order valence-electron chi connectivity index (χ3n) is 9.72. The number of carbonyl (C=O) groups excluding carboxylic acids is 2. The second kappa shape index (κ2) is 15.3. The maximum atomic E-state index is 13.5. The molecule has 276 valence electrons. The van der Waals surface area contributed by atoms with Crippen molar-refractivity contribution < 1.29 is 57.0 Å². The van der Waals surface area contributed by atoms with E-state index in [-0.39, 0.29) is 32.4 Å². The molecule has 1 saturated heterocycles. The van der Waals surface area contributed by atoms with Crippen LogP contribution in [0.1, 0.15) is 46.3 Å². The zero-order valence-corrected chi connectivity index (χ0v) is 30.0. The summed E-state index contributed by atoms with van der Waals surface area (Å²) in [7, 11) is 7.83. The van der Waals surface area contributed by atoms with Crippen LogP contribution in [0.5, 0.6) is 46.0 Å². The van der Waals surface area contributed by atoms with E-state index in [0.29, 0.717) is 51.6 Å². The van der Waals surface area contributed by atoms with Gasteiger partial charge in [-0.2, -0.15) is 0 Å². The van der Waals surface area contributed by atoms with Crippen LogP contribution < -0.4 is 37.9 Å². The summed E-state index contributed by atoms with van der Waals surface area (Å²) in [6.45, 7) is 0.230. The SMILES string of the molecule is COc1cc(/C=C/c2ccc(OCCC(=O)O[C@H]3c4cc5c(cc4[C@@H](c4cc(OC)c(OC)c(OC)c4)[C@H]4C(=O)OC[C@@H]43)OCO5)cc2)cc(OC)c1. The van der Waals surface area contributed by atoms with Crippen molar-refractivity contribution in [2.75, 3.05) is 55.6 Å². The third-order valence-corrected chi connectivity index (χ3v) is 9.72. The summed E-state index contributed by atoms with van der Waals surface area (Å²) >= 11 is 0. The van der Waals surface area contributed by atoms with Gasteiger partial charge in [-0.3, -0.25) is 9.59 Å². The number of cyclic esters (lactones) is 1. The molecule has 0 bridgehead atoms. The predicted octanol–water partition coefficient (Wildman–Crippen LogP) is 6.62. The Morgan fingerprint density at radius 1 is 0.717 bits per heavy atom. The smallest absolute Gasteiger partial charge is 0.310 e. The number of esters is 2. The van der Waals surface area contributed by atoms with E-state index in [9.17, 15) is 9.59 Å². The van der Waals surface area contributed by atoms with Gasteiger partial charge in [0.25, 0.3) is 0 Å². The number of rotatable bonds is 13. The lowest BCUT2D eigenvalue weighted by atomic mass is 9.66. The van der Waals surface area contributed by atoms with Crippen molar-refractivity contribution in [3.8, 4) is 46.0 Å². The third kappa shape index (κ3) is 7.09. The number of methoxy groups -OCH3 is 5. The van der Waals surface area contributed by atoms with Gasteiger partial charge in [0.1, 0.15) is 23.4 Å². The average Bonchev–Trinajstić information content (AvgIpc) is 3.82. The first-order chi connectivity index (χ1) is 25.8. The fraction of sp³-hybridized carbons (Fsp3) is 0.317. The minimum atomic E-state index is -0.780. The van der Waals surface area contributed by atoms with Gasteiger partial charge in [-0.05, 0) is 70.8 Å². The summed E-state index contributed by atoms with van der Waals surface area (Å²) in [5.41, 5.74) is 4.09. The molecule has 0 amide bonds. The highest BCUT2D eigenvalue weighted by Crippen LogP contribution is 2.56. The predicted molar refractivity (Wildman–Crippen MR) is 192 cm³/mol. The van der Waals surface area contributed by atoms with Crippen molar-refractivity contribution in [3.05, 3.63) is 94.5 Å². The molecule has 0 N–H and O–H groups in total. The van der Waals surface area contributed by atoms with Crippen LogP contribution >= 0.6 is 0 Å². The summed E-state index contributed by atoms with van der Waals surface area (Å²) in [4.78, 5) is 26.9. The first-order valence-electron chi connectivity index (χ1n) is 17.1. The van der Waals surface area contributed by atoms with Crippen molar-refractivity contribution >= 4 is 24.1 Å². The van der Waals surface area contributed by atoms with E-state index in [1.807, 2.05) is 78.9 Å². The van der Waals surface area contributed by atoms with E-state index >= 15 is 0 Å². The quantitative estimate of drug-likeness (QED) is 0.109. The number of ether oxygens (including phenoxy) is 10. The molecule has 0 saturated carbocycles. The summed E-state index contributed by atoms with van der Waals surface area (Å²) in [5.74, 6) is 1.90. The second-order valence-electron chi connectivity index (χ2n) is 12.6. The lowest BCUT2D eigenvalue weighted by Crippen LogP contribution is -2.36. The Kier molecular flexibility index (Phi) is 10.2. The first kappa shape index (κ1) is 35.4. The van der Waals surface area contributed by atoms with E-state index in [1.54, 1.807) is 14.2 Å². The van der Waals surface area contributed by atoms with Crippen LogP contribution in [-0.2, 0) is 19.1 Å². The molecule has 4 atom stereocenters. The molecule has 4 aromatic carbocycles. The molecule has 12 nitrogen and oxygen atoms in total. The van der Waals surface area contributed by atoms with Gasteiger partial charge in [0.05, 0.1) is 61.1 Å². The highest BCUT2D eigenvalue weighted by molar-refractivity contribution is 5.79. The van der Waals surface area contributed by atoms with E-state index in [1.165, 1.54) is 21.3 Å². The van der Waals surface area contributed by atoms with Crippen LogP contribution in [0.25, 0.3) is 12.2 Å². The topological polar surface area (TPSA) is 126 Å². The van der Waals surface area contributed by atoms with E-state index in [4.69, 9.17) is 47.4 Å². The fourth-order valence-electron chi connectivity index (χ4n) is 7.19. The summed E-state index contributed by atoms with van der Waals surface area (Å²) in [5, 5.41) is 0. The Hall–Kier alpha value is -6.04. The van der Waals surface area contributed by atoms with Gasteiger partial charge in [0.2, 0.25) is 12.5 Å². The van der Waals surface area contributed by atoms with Crippen LogP contribution in [0.3, 0.4) is 0 Å². The Balaban J connectivity index is 1.07. The van der Waals surface area contributed by atoms with E-state index in [2.05, 4.69) is 0 Å². The maximum absolute atomic E-state index is 13.5. The molecular weight excluding hydrogens is 684 g/mol. The minimum absolute atomic E-state index is 0.0157. The number of hydrogen-bond acceptors (Lipinski definition) is 12. The van der Waals surface area contributed by atoms with Crippen molar-refractivity contribution in [3.63, 3.8) is 0 Å². The van der Waals surface area contributed by atoms with Crippen LogP contribution in [0.15, 0.2) is 66.7 Å². The minimum Gasteiger partial charge on any atom is -0.497 e. The van der Waals surface area contributed by atoms with Gasteiger partial charge in [0, 0.05) is 23.5 Å². The van der Waals surface area contributed by atoms with Crippen LogP contribution in [0.2, 0.25) is 0 Å².